The van der Waals surface area contributed by atoms with Crippen molar-refractivity contribution < 1.29 is 27.6 Å². The van der Waals surface area contributed by atoms with Crippen LogP contribution in [-0.4, -0.2) is 44.1 Å². The molecule has 230 valence electrons. The normalized spacial score (nSPS) is 43.0. The Labute approximate surface area is 248 Å². The zero-order valence-electron chi connectivity index (χ0n) is 25.9. The molecule has 2 N–H and O–H groups in total. The first-order valence-electron chi connectivity index (χ1n) is 15.7. The molecule has 0 aliphatic heterocycles. The Morgan fingerprint density at radius 3 is 2.41 bits per heavy atom. The zero-order valence-corrected chi connectivity index (χ0v) is 26.8. The topological polar surface area (TPSA) is 93.1 Å². The van der Waals surface area contributed by atoms with Crippen LogP contribution in [0.2, 0.25) is 0 Å². The first-order chi connectivity index (χ1) is 19.2. The molecule has 1 aromatic carbocycles. The van der Waals surface area contributed by atoms with Gasteiger partial charge in [-0.1, -0.05) is 52.0 Å². The summed E-state index contributed by atoms with van der Waals surface area (Å²) in [6.07, 6.45) is 6.07. The molecule has 0 spiro atoms. The van der Waals surface area contributed by atoms with Gasteiger partial charge in [0.2, 0.25) is 0 Å². The van der Waals surface area contributed by atoms with Gasteiger partial charge in [-0.25, -0.2) is 0 Å². The van der Waals surface area contributed by atoms with E-state index in [1.807, 2.05) is 6.92 Å². The highest BCUT2D eigenvalue weighted by atomic mass is 32.2. The molecule has 11 atom stereocenters. The predicted octanol–water partition coefficient (Wildman–Crippen LogP) is 6.64. The molecule has 1 aromatic rings. The Balaban J connectivity index is 1.35. The molecule has 7 heteroatoms. The number of allylic oxidation sites excluding steroid dienone is 1. The standard InChI is InChI=1S/C34H52O6S/c1-21-8-12-25(13-9-21)41(37,38)40-24-16-17-33(5)28-18-30(36)34(6)26(22(2)10-11-23(3)39-7)14-15-27(34)31(28)29(35)20-32(33,4)19-24/h8-9,12-13,22,24,26-31,35-36H,3,10-11,14-20H2,1-2,4-7H3/t22-,24-,26-,27+,28+,29-,30+,31+,32+,33-,34-/m1/s1. The fourth-order valence-corrected chi connectivity index (χ4v) is 11.4. The summed E-state index contributed by atoms with van der Waals surface area (Å²) >= 11 is 0. The fourth-order valence-electron chi connectivity index (χ4n) is 10.3. The van der Waals surface area contributed by atoms with Crippen LogP contribution in [0.15, 0.2) is 41.5 Å². The second kappa shape index (κ2) is 10.9. The number of hydrogen-bond acceptors (Lipinski definition) is 6. The van der Waals surface area contributed by atoms with Crippen molar-refractivity contribution in [2.75, 3.05) is 7.11 Å². The quantitative estimate of drug-likeness (QED) is 0.261. The van der Waals surface area contributed by atoms with Crippen molar-refractivity contribution in [3.8, 4) is 0 Å². The van der Waals surface area contributed by atoms with Crippen molar-refractivity contribution >= 4 is 10.1 Å². The average molecular weight is 589 g/mol. The van der Waals surface area contributed by atoms with Crippen molar-refractivity contribution in [2.45, 2.75) is 116 Å². The number of methoxy groups -OCH3 is 1. The van der Waals surface area contributed by atoms with Crippen LogP contribution in [0.4, 0.5) is 0 Å². The van der Waals surface area contributed by atoms with E-state index in [-0.39, 0.29) is 38.9 Å². The van der Waals surface area contributed by atoms with Crippen LogP contribution in [0.5, 0.6) is 0 Å². The third kappa shape index (κ3) is 5.11. The highest BCUT2D eigenvalue weighted by Gasteiger charge is 2.68. The molecule has 0 amide bonds. The number of hydrogen-bond donors (Lipinski definition) is 2. The molecule has 0 radical (unpaired) electrons. The Morgan fingerprint density at radius 2 is 1.76 bits per heavy atom. The van der Waals surface area contributed by atoms with Gasteiger partial charge < -0.3 is 14.9 Å². The van der Waals surface area contributed by atoms with Crippen LogP contribution in [0.3, 0.4) is 0 Å². The van der Waals surface area contributed by atoms with Gasteiger partial charge in [0, 0.05) is 6.42 Å². The number of aryl methyl sites for hydroxylation is 1. The van der Waals surface area contributed by atoms with E-state index >= 15 is 0 Å². The van der Waals surface area contributed by atoms with Gasteiger partial charge in [-0.05, 0) is 116 Å². The van der Waals surface area contributed by atoms with Gasteiger partial charge in [0.05, 0.1) is 36.1 Å². The van der Waals surface area contributed by atoms with E-state index in [1.165, 1.54) is 0 Å². The lowest BCUT2D eigenvalue weighted by Gasteiger charge is -2.67. The summed E-state index contributed by atoms with van der Waals surface area (Å²) in [4.78, 5) is 0.191. The summed E-state index contributed by atoms with van der Waals surface area (Å²) in [7, 11) is -2.20. The molecule has 5 rings (SSSR count). The number of rotatable bonds is 8. The largest absolute Gasteiger partial charge is 0.502 e. The van der Waals surface area contributed by atoms with E-state index in [0.29, 0.717) is 37.5 Å². The molecule has 0 aromatic heterocycles. The Hall–Kier alpha value is -1.41. The molecule has 41 heavy (non-hydrogen) atoms. The average Bonchev–Trinajstić information content (AvgIpc) is 3.27. The summed E-state index contributed by atoms with van der Waals surface area (Å²) in [5, 5.41) is 23.8. The molecule has 6 nitrogen and oxygen atoms in total. The molecule has 4 saturated carbocycles. The highest BCUT2D eigenvalue weighted by Crippen LogP contribution is 2.71. The molecule has 4 aliphatic carbocycles. The monoisotopic (exact) mass is 588 g/mol. The van der Waals surface area contributed by atoms with Gasteiger partial charge in [-0.2, -0.15) is 8.42 Å². The Bertz CT molecular complexity index is 1230. The highest BCUT2D eigenvalue weighted by molar-refractivity contribution is 7.86. The van der Waals surface area contributed by atoms with E-state index in [0.717, 1.165) is 43.4 Å². The SMILES string of the molecule is C=C(CC[C@@H](C)[C@H]1CC[C@H]2[C@@H]3[C@H](O)C[C@]4(C)C[C@H](OS(=O)(=O)c5ccc(C)cc5)CC[C@]4(C)[C@H]3C[C@H](O)[C@]12C)OC. The fraction of sp³-hybridized carbons (Fsp3) is 0.765. The van der Waals surface area contributed by atoms with Crippen molar-refractivity contribution in [3.63, 3.8) is 0 Å². The second-order valence-electron chi connectivity index (χ2n) is 14.8. The summed E-state index contributed by atoms with van der Waals surface area (Å²) in [5.74, 6) is 2.27. The van der Waals surface area contributed by atoms with Crippen LogP contribution < -0.4 is 0 Å². The number of benzene rings is 1. The van der Waals surface area contributed by atoms with E-state index in [2.05, 4.69) is 34.3 Å². The van der Waals surface area contributed by atoms with Crippen molar-refractivity contribution in [1.29, 1.82) is 0 Å². The molecule has 4 aliphatic rings. The van der Waals surface area contributed by atoms with Crippen LogP contribution >= 0.6 is 0 Å². The molecular weight excluding hydrogens is 536 g/mol. The molecule has 0 unspecified atom stereocenters. The number of fused-ring (bicyclic) bond motifs is 5. The van der Waals surface area contributed by atoms with Crippen LogP contribution in [0.1, 0.15) is 91.0 Å². The minimum Gasteiger partial charge on any atom is -0.502 e. The maximum Gasteiger partial charge on any atom is 0.297 e. The Morgan fingerprint density at radius 1 is 1.07 bits per heavy atom. The maximum absolute atomic E-state index is 13.1. The molecule has 0 saturated heterocycles. The number of aliphatic hydroxyl groups is 2. The molecule has 0 bridgehead atoms. The van der Waals surface area contributed by atoms with Crippen molar-refractivity contribution in [1.82, 2.24) is 0 Å². The van der Waals surface area contributed by atoms with E-state index < -0.39 is 28.4 Å². The lowest BCUT2D eigenvalue weighted by Crippen LogP contribution is -2.65. The lowest BCUT2D eigenvalue weighted by atomic mass is 9.39. The first kappa shape index (κ1) is 31.0. The lowest BCUT2D eigenvalue weighted by molar-refractivity contribution is -0.232. The van der Waals surface area contributed by atoms with Gasteiger partial charge >= 0.3 is 0 Å². The summed E-state index contributed by atoms with van der Waals surface area (Å²) in [6.45, 7) is 15.1. The van der Waals surface area contributed by atoms with Gasteiger partial charge in [-0.15, -0.1) is 0 Å². The number of ether oxygens (including phenoxy) is 1. The molecular formula is C34H52O6S. The van der Waals surface area contributed by atoms with Gasteiger partial charge in [0.25, 0.3) is 10.1 Å². The first-order valence-corrected chi connectivity index (χ1v) is 17.1. The summed E-state index contributed by atoms with van der Waals surface area (Å²) in [5.41, 5.74) is 0.398. The van der Waals surface area contributed by atoms with Crippen molar-refractivity contribution in [2.24, 2.45) is 45.8 Å². The van der Waals surface area contributed by atoms with Gasteiger partial charge in [-0.3, -0.25) is 4.18 Å². The van der Waals surface area contributed by atoms with Crippen LogP contribution in [0, 0.1) is 52.8 Å². The minimum absolute atomic E-state index is 0.105. The van der Waals surface area contributed by atoms with E-state index in [9.17, 15) is 18.6 Å². The Kier molecular flexibility index (Phi) is 8.28. The molecule has 4 fully saturated rings. The van der Waals surface area contributed by atoms with Crippen molar-refractivity contribution in [3.05, 3.63) is 42.2 Å². The smallest absolute Gasteiger partial charge is 0.297 e. The van der Waals surface area contributed by atoms with E-state index in [1.54, 1.807) is 31.4 Å². The van der Waals surface area contributed by atoms with Gasteiger partial charge in [0.15, 0.2) is 0 Å². The zero-order chi connectivity index (χ0) is 30.0. The van der Waals surface area contributed by atoms with E-state index in [4.69, 9.17) is 8.92 Å². The summed E-state index contributed by atoms with van der Waals surface area (Å²) in [6, 6.07) is 6.80. The third-order valence-electron chi connectivity index (χ3n) is 12.9. The minimum atomic E-state index is -3.87. The summed E-state index contributed by atoms with van der Waals surface area (Å²) < 4.78 is 37.4. The maximum atomic E-state index is 13.1. The predicted molar refractivity (Wildman–Crippen MR) is 160 cm³/mol. The van der Waals surface area contributed by atoms with Gasteiger partial charge in [0.1, 0.15) is 0 Å². The second-order valence-corrected chi connectivity index (χ2v) is 16.4. The van der Waals surface area contributed by atoms with Crippen LogP contribution in [-0.2, 0) is 19.0 Å². The van der Waals surface area contributed by atoms with Crippen LogP contribution in [0.25, 0.3) is 0 Å². The molecule has 0 heterocycles. The third-order valence-corrected chi connectivity index (χ3v) is 14.3. The number of aliphatic hydroxyl groups excluding tert-OH is 2.